The molecule has 184 valence electrons. The zero-order valence-electron chi connectivity index (χ0n) is 19.3. The summed E-state index contributed by atoms with van der Waals surface area (Å²) in [5.41, 5.74) is 0.766. The van der Waals surface area contributed by atoms with Gasteiger partial charge in [-0.2, -0.15) is 15.0 Å². The molecule has 0 aliphatic carbocycles. The van der Waals surface area contributed by atoms with Crippen LogP contribution in [0.2, 0.25) is 0 Å². The number of hydrogen-bond donors (Lipinski definition) is 0. The molecular formula is C21H22N6O6S2. The molecule has 35 heavy (non-hydrogen) atoms. The number of amides is 1. The van der Waals surface area contributed by atoms with Gasteiger partial charge < -0.3 is 9.64 Å². The van der Waals surface area contributed by atoms with Crippen molar-refractivity contribution in [1.82, 2.24) is 19.3 Å². The fraction of sp³-hybridized carbons (Fsp3) is 0.238. The lowest BCUT2D eigenvalue weighted by Crippen LogP contribution is -2.45. The number of fused-ring (bicyclic) bond motifs is 1. The van der Waals surface area contributed by atoms with E-state index in [0.29, 0.717) is 8.61 Å². The van der Waals surface area contributed by atoms with Gasteiger partial charge in [0.1, 0.15) is 11.6 Å². The van der Waals surface area contributed by atoms with E-state index in [0.717, 1.165) is 5.56 Å². The largest absolute Gasteiger partial charge is 0.467 e. The second-order valence-corrected chi connectivity index (χ2v) is 11.5. The Balaban J connectivity index is 1.89. The Labute approximate surface area is 202 Å². The average molecular weight is 519 g/mol. The Morgan fingerprint density at radius 3 is 2.20 bits per heavy atom. The Kier molecular flexibility index (Phi) is 6.11. The number of nitrogens with zero attached hydrogens (tertiary/aromatic N) is 6. The number of hydrogen-bond acceptors (Lipinski definition) is 10. The van der Waals surface area contributed by atoms with Crippen molar-refractivity contribution in [3.05, 3.63) is 59.7 Å². The highest BCUT2D eigenvalue weighted by atomic mass is 32.2. The zero-order chi connectivity index (χ0) is 25.5. The van der Waals surface area contributed by atoms with E-state index in [-0.39, 0.29) is 27.3 Å². The summed E-state index contributed by atoms with van der Waals surface area (Å²) in [4.78, 5) is 26.5. The van der Waals surface area contributed by atoms with Crippen molar-refractivity contribution < 1.29 is 26.4 Å². The van der Waals surface area contributed by atoms with Crippen LogP contribution in [0.3, 0.4) is 0 Å². The second kappa shape index (κ2) is 8.78. The van der Waals surface area contributed by atoms with E-state index in [2.05, 4.69) is 15.0 Å². The van der Waals surface area contributed by atoms with Crippen LogP contribution in [0.5, 0.6) is 6.01 Å². The molecule has 1 amide bonds. The molecule has 12 nitrogen and oxygen atoms in total. The van der Waals surface area contributed by atoms with Gasteiger partial charge in [0.2, 0.25) is 11.9 Å². The van der Waals surface area contributed by atoms with E-state index in [9.17, 15) is 21.6 Å². The maximum atomic E-state index is 13.7. The van der Waals surface area contributed by atoms with Gasteiger partial charge in [0.25, 0.3) is 26.0 Å². The van der Waals surface area contributed by atoms with Crippen molar-refractivity contribution in [1.29, 1.82) is 0 Å². The molecule has 3 aromatic rings. The number of aryl methyl sites for hydroxylation is 1. The fourth-order valence-corrected chi connectivity index (χ4v) is 6.19. The molecule has 0 fully saturated rings. The van der Waals surface area contributed by atoms with Gasteiger partial charge >= 0.3 is 6.01 Å². The third-order valence-corrected chi connectivity index (χ3v) is 8.68. The number of carbonyl (C=O) groups excluding carboxylic acids is 1. The first-order valence-corrected chi connectivity index (χ1v) is 13.1. The summed E-state index contributed by atoms with van der Waals surface area (Å²) in [5.74, 6) is -1.21. The van der Waals surface area contributed by atoms with Gasteiger partial charge in [-0.1, -0.05) is 29.8 Å². The van der Waals surface area contributed by atoms with Gasteiger partial charge in [-0.05, 0) is 31.2 Å². The predicted molar refractivity (Wildman–Crippen MR) is 126 cm³/mol. The normalized spacial score (nSPS) is 14.5. The molecule has 0 saturated heterocycles. The van der Waals surface area contributed by atoms with E-state index in [1.54, 1.807) is 33.2 Å². The third-order valence-electron chi connectivity index (χ3n) is 5.17. The molecule has 2 heterocycles. The van der Waals surface area contributed by atoms with E-state index in [1.807, 2.05) is 0 Å². The van der Waals surface area contributed by atoms with Crippen LogP contribution >= 0.6 is 0 Å². The molecule has 1 aliphatic rings. The van der Waals surface area contributed by atoms with Crippen LogP contribution in [0.15, 0.2) is 58.3 Å². The summed E-state index contributed by atoms with van der Waals surface area (Å²) in [7, 11) is -4.21. The minimum absolute atomic E-state index is 0.0533. The molecule has 1 aromatic heterocycles. The van der Waals surface area contributed by atoms with Crippen molar-refractivity contribution in [2.75, 3.05) is 37.1 Å². The maximum Gasteiger partial charge on any atom is 0.322 e. The minimum Gasteiger partial charge on any atom is -0.467 e. The van der Waals surface area contributed by atoms with Crippen LogP contribution in [0.25, 0.3) is 0 Å². The van der Waals surface area contributed by atoms with Crippen LogP contribution in [0, 0.1) is 6.92 Å². The Morgan fingerprint density at radius 2 is 1.60 bits per heavy atom. The van der Waals surface area contributed by atoms with Crippen LogP contribution < -0.4 is 13.9 Å². The average Bonchev–Trinajstić information content (AvgIpc) is 3.02. The lowest BCUT2D eigenvalue weighted by molar-refractivity contribution is 0.0874. The van der Waals surface area contributed by atoms with Gasteiger partial charge in [0.05, 0.1) is 17.6 Å². The van der Waals surface area contributed by atoms with E-state index < -0.39 is 38.6 Å². The second-order valence-electron chi connectivity index (χ2n) is 7.78. The molecule has 0 bridgehead atoms. The number of anilines is 2. The first-order valence-electron chi connectivity index (χ1n) is 10.2. The summed E-state index contributed by atoms with van der Waals surface area (Å²) in [6, 6.07) is 11.4. The van der Waals surface area contributed by atoms with Gasteiger partial charge in [-0.15, -0.1) is 0 Å². The van der Waals surface area contributed by atoms with Crippen LogP contribution in [-0.4, -0.2) is 69.9 Å². The van der Waals surface area contributed by atoms with Crippen LogP contribution in [0.1, 0.15) is 15.9 Å². The summed E-state index contributed by atoms with van der Waals surface area (Å²) in [6.45, 7) is 0.896. The molecule has 0 radical (unpaired) electrons. The molecule has 0 spiro atoms. The number of rotatable bonds is 7. The standard InChI is InChI=1S/C21H22N6O6S2/c1-14-9-11-15(12-10-14)34(29,30)27(20-22-19(25(2)3)23-21(24-20)33-4)13-26-18(28)16-7-5-6-8-17(16)35(26,31)32/h5-12H,13H2,1-4H3. The van der Waals surface area contributed by atoms with E-state index in [1.165, 1.54) is 48.4 Å². The SMILES string of the molecule is COc1nc(N(C)C)nc(N(CN2C(=O)c3ccccc3S2(=O)=O)S(=O)(=O)c2ccc(C)cc2)n1. The van der Waals surface area contributed by atoms with Crippen molar-refractivity contribution >= 4 is 37.9 Å². The van der Waals surface area contributed by atoms with Gasteiger partial charge in [-0.25, -0.2) is 25.4 Å². The van der Waals surface area contributed by atoms with Gasteiger partial charge in [0, 0.05) is 14.1 Å². The molecule has 1 aliphatic heterocycles. The summed E-state index contributed by atoms with van der Waals surface area (Å²) >= 11 is 0. The molecule has 0 saturated carbocycles. The lowest BCUT2D eigenvalue weighted by Gasteiger charge is -2.27. The number of benzene rings is 2. The number of methoxy groups -OCH3 is 1. The number of ether oxygens (including phenoxy) is 1. The first-order chi connectivity index (χ1) is 16.5. The molecule has 2 aromatic carbocycles. The van der Waals surface area contributed by atoms with Crippen molar-refractivity contribution in [2.45, 2.75) is 16.7 Å². The molecule has 0 N–H and O–H groups in total. The maximum absolute atomic E-state index is 13.7. The molecular weight excluding hydrogens is 496 g/mol. The topological polar surface area (TPSA) is 143 Å². The van der Waals surface area contributed by atoms with E-state index >= 15 is 0 Å². The predicted octanol–water partition coefficient (Wildman–Crippen LogP) is 1.25. The summed E-state index contributed by atoms with van der Waals surface area (Å²) in [5, 5.41) is 0. The van der Waals surface area contributed by atoms with Gasteiger partial charge in [0.15, 0.2) is 0 Å². The smallest absolute Gasteiger partial charge is 0.322 e. The third kappa shape index (κ3) is 4.25. The highest BCUT2D eigenvalue weighted by Gasteiger charge is 2.44. The molecule has 0 unspecified atom stereocenters. The Morgan fingerprint density at radius 1 is 0.971 bits per heavy atom. The van der Waals surface area contributed by atoms with Gasteiger partial charge in [-0.3, -0.25) is 4.79 Å². The number of sulfonamides is 2. The first kappa shape index (κ1) is 24.3. The fourth-order valence-electron chi connectivity index (χ4n) is 3.31. The van der Waals surface area contributed by atoms with Crippen molar-refractivity contribution in [2.24, 2.45) is 0 Å². The highest BCUT2D eigenvalue weighted by molar-refractivity contribution is 7.93. The molecule has 14 heteroatoms. The van der Waals surface area contributed by atoms with E-state index in [4.69, 9.17) is 4.74 Å². The lowest BCUT2D eigenvalue weighted by atomic mass is 10.2. The number of aromatic nitrogens is 3. The Hall–Kier alpha value is -3.78. The summed E-state index contributed by atoms with van der Waals surface area (Å²) < 4.78 is 60.0. The quantitative estimate of drug-likeness (QED) is 0.448. The zero-order valence-corrected chi connectivity index (χ0v) is 20.9. The molecule has 4 rings (SSSR count). The van der Waals surface area contributed by atoms with Crippen LogP contribution in [0.4, 0.5) is 11.9 Å². The molecule has 0 atom stereocenters. The minimum atomic E-state index is -4.44. The van der Waals surface area contributed by atoms with Crippen molar-refractivity contribution in [3.63, 3.8) is 0 Å². The van der Waals surface area contributed by atoms with Crippen molar-refractivity contribution in [3.8, 4) is 6.01 Å². The van der Waals surface area contributed by atoms with Crippen LogP contribution in [-0.2, 0) is 20.0 Å². The highest BCUT2D eigenvalue weighted by Crippen LogP contribution is 2.32. The Bertz CT molecular complexity index is 1510. The number of carbonyl (C=O) groups is 1. The summed E-state index contributed by atoms with van der Waals surface area (Å²) in [6.07, 6.45) is 0. The monoisotopic (exact) mass is 518 g/mol.